The maximum Gasteiger partial charge on any atom is 0.246 e. The van der Waals surface area contributed by atoms with Gasteiger partial charge < -0.3 is 4.90 Å². The fourth-order valence-electron chi connectivity index (χ4n) is 2.18. The van der Waals surface area contributed by atoms with Crippen molar-refractivity contribution in [2.75, 3.05) is 27.2 Å². The van der Waals surface area contributed by atoms with Gasteiger partial charge in [0.25, 0.3) is 0 Å². The summed E-state index contributed by atoms with van der Waals surface area (Å²) in [6, 6.07) is 0.0497. The molecule has 0 radical (unpaired) electrons. The number of sulfonamides is 1. The number of nitrogens with one attached hydrogen (secondary N) is 1. The van der Waals surface area contributed by atoms with Crippen molar-refractivity contribution >= 4 is 10.0 Å². The molecular formula is C10H18N4O2S. The van der Waals surface area contributed by atoms with Crippen molar-refractivity contribution in [2.45, 2.75) is 23.8 Å². The molecule has 0 saturated carbocycles. The molecule has 1 aromatic rings. The van der Waals surface area contributed by atoms with Crippen LogP contribution in [0.4, 0.5) is 0 Å². The summed E-state index contributed by atoms with van der Waals surface area (Å²) in [6.45, 7) is 1.82. The Hall–Kier alpha value is -0.920. The van der Waals surface area contributed by atoms with Gasteiger partial charge in [-0.25, -0.2) is 8.42 Å². The second-order valence-electron chi connectivity index (χ2n) is 4.51. The molecule has 2 heterocycles. The highest BCUT2D eigenvalue weighted by molar-refractivity contribution is 7.89. The number of likely N-dealkylation sites (N-methyl/N-ethyl adjacent to an activating group) is 2. The zero-order chi connectivity index (χ0) is 12.5. The molecular weight excluding hydrogens is 240 g/mol. The van der Waals surface area contributed by atoms with E-state index < -0.39 is 10.0 Å². The van der Waals surface area contributed by atoms with Crippen molar-refractivity contribution in [2.24, 2.45) is 0 Å². The molecule has 0 bridgehead atoms. The Morgan fingerprint density at radius 2 is 2.35 bits per heavy atom. The van der Waals surface area contributed by atoms with Gasteiger partial charge in [0, 0.05) is 25.8 Å². The van der Waals surface area contributed by atoms with E-state index in [0.29, 0.717) is 0 Å². The molecule has 0 aromatic carbocycles. The minimum absolute atomic E-state index is 0.0497. The third kappa shape index (κ3) is 2.51. The number of aromatic nitrogens is 2. The van der Waals surface area contributed by atoms with E-state index in [1.54, 1.807) is 7.05 Å². The van der Waals surface area contributed by atoms with Crippen LogP contribution in [0.15, 0.2) is 17.3 Å². The van der Waals surface area contributed by atoms with E-state index in [4.69, 9.17) is 0 Å². The molecule has 1 saturated heterocycles. The molecule has 0 aliphatic carbocycles. The minimum atomic E-state index is -3.41. The largest absolute Gasteiger partial charge is 0.305 e. The van der Waals surface area contributed by atoms with E-state index in [2.05, 4.69) is 15.1 Å². The molecule has 1 aliphatic heterocycles. The van der Waals surface area contributed by atoms with Crippen LogP contribution in [-0.4, -0.2) is 61.0 Å². The number of likely N-dealkylation sites (tertiary alicyclic amines) is 1. The Morgan fingerprint density at radius 1 is 1.59 bits per heavy atom. The van der Waals surface area contributed by atoms with Gasteiger partial charge >= 0.3 is 0 Å². The van der Waals surface area contributed by atoms with Gasteiger partial charge in [-0.3, -0.25) is 5.10 Å². The van der Waals surface area contributed by atoms with E-state index in [1.165, 1.54) is 16.7 Å². The molecule has 1 N–H and O–H groups in total. The first kappa shape index (κ1) is 12.5. The molecule has 2 rings (SSSR count). The Kier molecular flexibility index (Phi) is 3.50. The summed E-state index contributed by atoms with van der Waals surface area (Å²) in [4.78, 5) is 2.39. The Labute approximate surface area is 102 Å². The van der Waals surface area contributed by atoms with Crippen LogP contribution in [0.2, 0.25) is 0 Å². The van der Waals surface area contributed by atoms with Crippen molar-refractivity contribution in [3.8, 4) is 0 Å². The number of piperidine rings is 1. The first-order valence-corrected chi connectivity index (χ1v) is 7.11. The predicted octanol–water partition coefficient (Wildman–Crippen LogP) is 0.124. The Bertz CT molecular complexity index is 457. The number of hydrogen-bond donors (Lipinski definition) is 1. The zero-order valence-electron chi connectivity index (χ0n) is 10.1. The van der Waals surface area contributed by atoms with Crippen LogP contribution in [0.25, 0.3) is 0 Å². The molecule has 1 unspecified atom stereocenters. The summed E-state index contributed by atoms with van der Waals surface area (Å²) in [5, 5.41) is 6.23. The molecule has 1 aromatic heterocycles. The molecule has 6 nitrogen and oxygen atoms in total. The van der Waals surface area contributed by atoms with Crippen molar-refractivity contribution in [3.05, 3.63) is 12.4 Å². The van der Waals surface area contributed by atoms with E-state index in [9.17, 15) is 8.42 Å². The number of H-pyrrole nitrogens is 1. The Morgan fingerprint density at radius 3 is 2.94 bits per heavy atom. The monoisotopic (exact) mass is 258 g/mol. The van der Waals surface area contributed by atoms with Gasteiger partial charge in [-0.2, -0.15) is 9.40 Å². The topological polar surface area (TPSA) is 69.3 Å². The van der Waals surface area contributed by atoms with Gasteiger partial charge in [0.05, 0.1) is 6.20 Å². The third-order valence-electron chi connectivity index (χ3n) is 3.26. The average Bonchev–Trinajstić information content (AvgIpc) is 2.82. The number of aromatic amines is 1. The maximum absolute atomic E-state index is 12.2. The van der Waals surface area contributed by atoms with Crippen LogP contribution in [-0.2, 0) is 10.0 Å². The molecule has 1 aliphatic rings. The van der Waals surface area contributed by atoms with Crippen LogP contribution in [0.3, 0.4) is 0 Å². The van der Waals surface area contributed by atoms with Crippen molar-refractivity contribution in [1.29, 1.82) is 0 Å². The summed E-state index contributed by atoms with van der Waals surface area (Å²) >= 11 is 0. The van der Waals surface area contributed by atoms with Crippen LogP contribution in [0.5, 0.6) is 0 Å². The maximum atomic E-state index is 12.2. The van der Waals surface area contributed by atoms with Crippen LogP contribution < -0.4 is 0 Å². The van der Waals surface area contributed by atoms with Gasteiger partial charge in [-0.1, -0.05) is 0 Å². The molecule has 0 spiro atoms. The predicted molar refractivity (Wildman–Crippen MR) is 64.1 cm³/mol. The van der Waals surface area contributed by atoms with E-state index in [0.717, 1.165) is 25.9 Å². The molecule has 17 heavy (non-hydrogen) atoms. The fraction of sp³-hybridized carbons (Fsp3) is 0.700. The van der Waals surface area contributed by atoms with Gasteiger partial charge in [-0.15, -0.1) is 0 Å². The van der Waals surface area contributed by atoms with Crippen LogP contribution in [0, 0.1) is 0 Å². The lowest BCUT2D eigenvalue weighted by Gasteiger charge is -2.34. The summed E-state index contributed by atoms with van der Waals surface area (Å²) < 4.78 is 26.0. The number of rotatable bonds is 3. The molecule has 7 heteroatoms. The van der Waals surface area contributed by atoms with Crippen molar-refractivity contribution < 1.29 is 8.42 Å². The van der Waals surface area contributed by atoms with Gasteiger partial charge in [-0.05, 0) is 26.4 Å². The number of nitrogens with zero attached hydrogens (tertiary/aromatic N) is 3. The molecule has 0 amide bonds. The highest BCUT2D eigenvalue weighted by atomic mass is 32.2. The summed E-state index contributed by atoms with van der Waals surface area (Å²) in [6.07, 6.45) is 4.71. The fourth-order valence-corrected chi connectivity index (χ4v) is 3.46. The summed E-state index contributed by atoms with van der Waals surface area (Å²) in [5.74, 6) is 0. The highest BCUT2D eigenvalue weighted by Gasteiger charge is 2.30. The standard InChI is InChI=1S/C10H18N4O2S/c1-13-5-3-4-9(8-13)14(2)17(15,16)10-6-11-12-7-10/h6-7,9H,3-5,8H2,1-2H3,(H,11,12). The van der Waals surface area contributed by atoms with Gasteiger partial charge in [0.1, 0.15) is 4.90 Å². The van der Waals surface area contributed by atoms with Gasteiger partial charge in [0.15, 0.2) is 0 Å². The van der Waals surface area contributed by atoms with E-state index >= 15 is 0 Å². The lowest BCUT2D eigenvalue weighted by Crippen LogP contribution is -2.47. The van der Waals surface area contributed by atoms with Crippen molar-refractivity contribution in [3.63, 3.8) is 0 Å². The summed E-state index contributed by atoms with van der Waals surface area (Å²) in [5.41, 5.74) is 0. The smallest absolute Gasteiger partial charge is 0.246 e. The molecule has 1 fully saturated rings. The average molecular weight is 258 g/mol. The van der Waals surface area contributed by atoms with Crippen LogP contribution in [0.1, 0.15) is 12.8 Å². The summed E-state index contributed by atoms with van der Waals surface area (Å²) in [7, 11) is 0.258. The third-order valence-corrected chi connectivity index (χ3v) is 5.14. The van der Waals surface area contributed by atoms with Crippen LogP contribution >= 0.6 is 0 Å². The van der Waals surface area contributed by atoms with Crippen molar-refractivity contribution in [1.82, 2.24) is 19.4 Å². The molecule has 96 valence electrons. The normalized spacial score (nSPS) is 23.1. The SMILES string of the molecule is CN1CCCC(N(C)S(=O)(=O)c2cn[nH]c2)C1. The minimum Gasteiger partial charge on any atom is -0.305 e. The first-order chi connectivity index (χ1) is 8.01. The highest BCUT2D eigenvalue weighted by Crippen LogP contribution is 2.20. The molecule has 1 atom stereocenters. The quantitative estimate of drug-likeness (QED) is 0.836. The second-order valence-corrected chi connectivity index (χ2v) is 6.51. The second kappa shape index (κ2) is 4.75. The first-order valence-electron chi connectivity index (χ1n) is 5.67. The lowest BCUT2D eigenvalue weighted by atomic mass is 10.1. The van der Waals surface area contributed by atoms with E-state index in [1.807, 2.05) is 7.05 Å². The zero-order valence-corrected chi connectivity index (χ0v) is 10.9. The lowest BCUT2D eigenvalue weighted by molar-refractivity contribution is 0.187. The van der Waals surface area contributed by atoms with Gasteiger partial charge in [0.2, 0.25) is 10.0 Å². The number of hydrogen-bond acceptors (Lipinski definition) is 4. The van der Waals surface area contributed by atoms with E-state index in [-0.39, 0.29) is 10.9 Å². The Balaban J connectivity index is 2.17.